The predicted octanol–water partition coefficient (Wildman–Crippen LogP) is 3.97. The van der Waals surface area contributed by atoms with Crippen LogP contribution in [-0.4, -0.2) is 52.2 Å². The standard InChI is InChI=1S/C19H26ClN5O2/c1-13(2)11-24-8-5-9-25(12-17(24)18-21-14(3)23-27-18)19(26)22-16-7-4-6-15(20)10-16/h4,6-7,10,13,17H,5,8-9,11-12H2,1-3H3,(H,22,26). The van der Waals surface area contributed by atoms with E-state index >= 15 is 0 Å². The summed E-state index contributed by atoms with van der Waals surface area (Å²) in [6.45, 7) is 9.14. The van der Waals surface area contributed by atoms with E-state index < -0.39 is 0 Å². The summed E-state index contributed by atoms with van der Waals surface area (Å²) in [6.07, 6.45) is 0.888. The molecule has 146 valence electrons. The Hall–Kier alpha value is -2.12. The molecule has 1 atom stereocenters. The molecule has 0 radical (unpaired) electrons. The number of nitrogens with one attached hydrogen (secondary N) is 1. The largest absolute Gasteiger partial charge is 0.338 e. The Morgan fingerprint density at radius 3 is 2.89 bits per heavy atom. The Labute approximate surface area is 164 Å². The van der Waals surface area contributed by atoms with Crippen LogP contribution in [0.2, 0.25) is 5.02 Å². The van der Waals surface area contributed by atoms with Crippen LogP contribution in [-0.2, 0) is 0 Å². The minimum atomic E-state index is -0.148. The van der Waals surface area contributed by atoms with Crippen LogP contribution >= 0.6 is 11.6 Å². The van der Waals surface area contributed by atoms with Gasteiger partial charge in [0.25, 0.3) is 0 Å². The monoisotopic (exact) mass is 391 g/mol. The van der Waals surface area contributed by atoms with Crippen LogP contribution in [0.25, 0.3) is 0 Å². The van der Waals surface area contributed by atoms with Gasteiger partial charge in [-0.05, 0) is 37.5 Å². The number of nitrogens with zero attached hydrogens (tertiary/aromatic N) is 4. The summed E-state index contributed by atoms with van der Waals surface area (Å²) in [5.74, 6) is 1.67. The summed E-state index contributed by atoms with van der Waals surface area (Å²) in [5, 5.41) is 7.46. The van der Waals surface area contributed by atoms with Crippen molar-refractivity contribution in [3.05, 3.63) is 41.0 Å². The number of halogens is 1. The zero-order valence-corrected chi connectivity index (χ0v) is 16.7. The first kappa shape index (κ1) is 19.6. The second-order valence-corrected chi connectivity index (χ2v) is 7.76. The Kier molecular flexibility index (Phi) is 6.34. The van der Waals surface area contributed by atoms with Gasteiger partial charge in [0.05, 0.1) is 0 Å². The highest BCUT2D eigenvalue weighted by Crippen LogP contribution is 2.25. The number of hydrogen-bond acceptors (Lipinski definition) is 5. The van der Waals surface area contributed by atoms with Gasteiger partial charge in [-0.2, -0.15) is 4.98 Å². The Morgan fingerprint density at radius 2 is 2.22 bits per heavy atom. The molecule has 1 aliphatic rings. The molecule has 1 aromatic carbocycles. The maximum atomic E-state index is 12.8. The lowest BCUT2D eigenvalue weighted by Gasteiger charge is -2.30. The van der Waals surface area contributed by atoms with Crippen molar-refractivity contribution in [1.82, 2.24) is 19.9 Å². The van der Waals surface area contributed by atoms with Crippen LogP contribution in [0, 0.1) is 12.8 Å². The number of urea groups is 1. The van der Waals surface area contributed by atoms with Gasteiger partial charge in [0.15, 0.2) is 5.82 Å². The molecule has 0 saturated carbocycles. The lowest BCUT2D eigenvalue weighted by molar-refractivity contribution is 0.138. The van der Waals surface area contributed by atoms with Gasteiger partial charge in [-0.15, -0.1) is 0 Å². The normalized spacial score (nSPS) is 18.6. The van der Waals surface area contributed by atoms with E-state index in [-0.39, 0.29) is 12.1 Å². The van der Waals surface area contributed by atoms with Gasteiger partial charge in [0.2, 0.25) is 5.89 Å². The molecule has 1 fully saturated rings. The number of hydrogen-bond donors (Lipinski definition) is 1. The average Bonchev–Trinajstić information content (AvgIpc) is 2.91. The topological polar surface area (TPSA) is 74.5 Å². The fourth-order valence-corrected chi connectivity index (χ4v) is 3.55. The summed E-state index contributed by atoms with van der Waals surface area (Å²) in [5.41, 5.74) is 0.681. The van der Waals surface area contributed by atoms with E-state index in [4.69, 9.17) is 16.1 Å². The van der Waals surface area contributed by atoms with Crippen molar-refractivity contribution in [2.75, 3.05) is 31.5 Å². The SMILES string of the molecule is Cc1noc(C2CN(C(=O)Nc3cccc(Cl)c3)CCCN2CC(C)C)n1. The molecular formula is C19H26ClN5O2. The minimum Gasteiger partial charge on any atom is -0.338 e. The number of aryl methyl sites for hydroxylation is 1. The smallest absolute Gasteiger partial charge is 0.321 e. The second kappa shape index (κ2) is 8.71. The molecule has 3 rings (SSSR count). The third-order valence-corrected chi connectivity index (χ3v) is 4.73. The van der Waals surface area contributed by atoms with E-state index in [2.05, 4.69) is 34.2 Å². The number of aromatic nitrogens is 2. The van der Waals surface area contributed by atoms with Gasteiger partial charge in [-0.3, -0.25) is 4.90 Å². The van der Waals surface area contributed by atoms with Crippen molar-refractivity contribution in [3.8, 4) is 0 Å². The predicted molar refractivity (Wildman–Crippen MR) is 105 cm³/mol. The van der Waals surface area contributed by atoms with Crippen LogP contribution in [0.5, 0.6) is 0 Å². The summed E-state index contributed by atoms with van der Waals surface area (Å²) >= 11 is 6.01. The van der Waals surface area contributed by atoms with E-state index in [1.54, 1.807) is 19.1 Å². The van der Waals surface area contributed by atoms with Gasteiger partial charge in [-0.1, -0.05) is 36.7 Å². The van der Waals surface area contributed by atoms with E-state index in [0.717, 1.165) is 19.5 Å². The molecule has 8 heteroatoms. The molecule has 2 aromatic rings. The fourth-order valence-electron chi connectivity index (χ4n) is 3.36. The van der Waals surface area contributed by atoms with Crippen molar-refractivity contribution in [2.24, 2.45) is 5.92 Å². The Bertz CT molecular complexity index is 779. The number of anilines is 1. The zero-order chi connectivity index (χ0) is 19.4. The molecule has 7 nitrogen and oxygen atoms in total. The van der Waals surface area contributed by atoms with Crippen LogP contribution in [0.3, 0.4) is 0 Å². The van der Waals surface area contributed by atoms with Gasteiger partial charge in [0, 0.05) is 36.9 Å². The molecule has 27 heavy (non-hydrogen) atoms. The quantitative estimate of drug-likeness (QED) is 0.853. The fraction of sp³-hybridized carbons (Fsp3) is 0.526. The molecule has 1 unspecified atom stereocenters. The van der Waals surface area contributed by atoms with Crippen LogP contribution < -0.4 is 5.32 Å². The zero-order valence-electron chi connectivity index (χ0n) is 16.0. The van der Waals surface area contributed by atoms with Gasteiger partial charge in [-0.25, -0.2) is 4.79 Å². The molecule has 1 N–H and O–H groups in total. The molecule has 2 amide bonds. The van der Waals surface area contributed by atoms with Crippen LogP contribution in [0.4, 0.5) is 10.5 Å². The Balaban J connectivity index is 1.77. The van der Waals surface area contributed by atoms with E-state index in [0.29, 0.717) is 41.4 Å². The molecular weight excluding hydrogens is 366 g/mol. The van der Waals surface area contributed by atoms with Crippen molar-refractivity contribution in [1.29, 1.82) is 0 Å². The van der Waals surface area contributed by atoms with Crippen molar-refractivity contribution in [2.45, 2.75) is 33.2 Å². The molecule has 0 bridgehead atoms. The average molecular weight is 392 g/mol. The Morgan fingerprint density at radius 1 is 1.41 bits per heavy atom. The maximum absolute atomic E-state index is 12.8. The third kappa shape index (κ3) is 5.20. The molecule has 0 spiro atoms. The minimum absolute atomic E-state index is 0.110. The first-order valence-electron chi connectivity index (χ1n) is 9.28. The molecule has 1 saturated heterocycles. The third-order valence-electron chi connectivity index (χ3n) is 4.50. The van der Waals surface area contributed by atoms with E-state index in [9.17, 15) is 4.79 Å². The summed E-state index contributed by atoms with van der Waals surface area (Å²) in [7, 11) is 0. The van der Waals surface area contributed by atoms with Gasteiger partial charge >= 0.3 is 6.03 Å². The number of amides is 2. The first-order chi connectivity index (χ1) is 12.9. The summed E-state index contributed by atoms with van der Waals surface area (Å²) in [6, 6.07) is 6.90. The highest BCUT2D eigenvalue weighted by atomic mass is 35.5. The molecule has 1 aromatic heterocycles. The van der Waals surface area contributed by atoms with Gasteiger partial charge < -0.3 is 14.7 Å². The lowest BCUT2D eigenvalue weighted by Crippen LogP contribution is -2.40. The first-order valence-corrected chi connectivity index (χ1v) is 9.66. The highest BCUT2D eigenvalue weighted by Gasteiger charge is 2.32. The van der Waals surface area contributed by atoms with E-state index in [1.165, 1.54) is 0 Å². The highest BCUT2D eigenvalue weighted by molar-refractivity contribution is 6.30. The summed E-state index contributed by atoms with van der Waals surface area (Å²) < 4.78 is 5.45. The molecule has 0 aliphatic carbocycles. The maximum Gasteiger partial charge on any atom is 0.321 e. The molecule has 2 heterocycles. The number of rotatable bonds is 4. The van der Waals surface area contributed by atoms with Crippen molar-refractivity contribution < 1.29 is 9.32 Å². The summed E-state index contributed by atoms with van der Waals surface area (Å²) in [4.78, 5) is 21.4. The number of benzene rings is 1. The lowest BCUT2D eigenvalue weighted by atomic mass is 10.1. The number of carbonyl (C=O) groups excluding carboxylic acids is 1. The second-order valence-electron chi connectivity index (χ2n) is 7.32. The van der Waals surface area contributed by atoms with Gasteiger partial charge in [0.1, 0.15) is 6.04 Å². The van der Waals surface area contributed by atoms with E-state index in [1.807, 2.05) is 17.0 Å². The molecule has 1 aliphatic heterocycles. The van der Waals surface area contributed by atoms with Crippen LogP contribution in [0.1, 0.15) is 38.0 Å². The van der Waals surface area contributed by atoms with Crippen molar-refractivity contribution in [3.63, 3.8) is 0 Å². The number of carbonyl (C=O) groups is 1. The van der Waals surface area contributed by atoms with Crippen molar-refractivity contribution >= 4 is 23.3 Å². The van der Waals surface area contributed by atoms with Crippen LogP contribution in [0.15, 0.2) is 28.8 Å².